The molecule has 0 amide bonds. The molecule has 0 saturated carbocycles. The number of hydrogen-bond acceptors (Lipinski definition) is 6. The van der Waals surface area contributed by atoms with Crippen LogP contribution in [0.4, 0.5) is 11.6 Å². The molecule has 8 heteroatoms. The van der Waals surface area contributed by atoms with Gasteiger partial charge in [0.05, 0.1) is 17.7 Å². The van der Waals surface area contributed by atoms with Crippen LogP contribution in [0.2, 0.25) is 0 Å². The Labute approximate surface area is 152 Å². The topological polar surface area (TPSA) is 97.1 Å². The van der Waals surface area contributed by atoms with Crippen LogP contribution in [0.5, 0.6) is 0 Å². The van der Waals surface area contributed by atoms with E-state index in [1.54, 1.807) is 38.3 Å². The van der Waals surface area contributed by atoms with E-state index in [4.69, 9.17) is 4.42 Å². The molecule has 0 saturated heterocycles. The molecule has 2 heterocycles. The van der Waals surface area contributed by atoms with E-state index in [2.05, 4.69) is 20.2 Å². The molecule has 0 unspecified atom stereocenters. The number of anilines is 2. The van der Waals surface area contributed by atoms with Gasteiger partial charge in [-0.3, -0.25) is 4.72 Å². The van der Waals surface area contributed by atoms with Crippen LogP contribution in [-0.4, -0.2) is 18.6 Å². The second kappa shape index (κ2) is 7.17. The minimum atomic E-state index is -3.74. The Kier molecular flexibility index (Phi) is 4.94. The largest absolute Gasteiger partial charge is 0.467 e. The summed E-state index contributed by atoms with van der Waals surface area (Å²) in [6.07, 6.45) is 1.59. The number of aryl methyl sites for hydroxylation is 3. The molecule has 3 aromatic rings. The fourth-order valence-electron chi connectivity index (χ4n) is 2.85. The molecule has 0 atom stereocenters. The average Bonchev–Trinajstić information content (AvgIpc) is 3.06. The molecule has 0 aliphatic carbocycles. The van der Waals surface area contributed by atoms with E-state index in [1.165, 1.54) is 0 Å². The highest BCUT2D eigenvalue weighted by atomic mass is 32.2. The van der Waals surface area contributed by atoms with Gasteiger partial charge >= 0.3 is 0 Å². The summed E-state index contributed by atoms with van der Waals surface area (Å²) in [5.74, 6) is 1.45. The lowest BCUT2D eigenvalue weighted by Gasteiger charge is -2.13. The Morgan fingerprint density at radius 3 is 2.23 bits per heavy atom. The van der Waals surface area contributed by atoms with Crippen LogP contribution < -0.4 is 10.0 Å². The number of hydrogen-bond donors (Lipinski definition) is 2. The summed E-state index contributed by atoms with van der Waals surface area (Å²) in [6.45, 7) is 5.96. The molecule has 3 rings (SSSR count). The van der Waals surface area contributed by atoms with E-state index >= 15 is 0 Å². The van der Waals surface area contributed by atoms with E-state index in [-0.39, 0.29) is 10.7 Å². The number of benzene rings is 1. The standard InChI is InChI=1S/C18H20N4O3S/c1-12-9-13(2)18(14(3)10-12)26(23,24)22-17-7-6-16(20-21-17)19-11-15-5-4-8-25-15/h4-10H,11H2,1-3H3,(H,19,20)(H,21,22). The smallest absolute Gasteiger partial charge is 0.263 e. The summed E-state index contributed by atoms with van der Waals surface area (Å²) < 4.78 is 33.1. The quantitative estimate of drug-likeness (QED) is 0.688. The fraction of sp³-hybridized carbons (Fsp3) is 0.222. The van der Waals surface area contributed by atoms with Crippen molar-refractivity contribution in [3.05, 3.63) is 65.1 Å². The molecule has 2 N–H and O–H groups in total. The predicted molar refractivity (Wildman–Crippen MR) is 99.5 cm³/mol. The van der Waals surface area contributed by atoms with Gasteiger partial charge in [0.1, 0.15) is 11.6 Å². The monoisotopic (exact) mass is 372 g/mol. The average molecular weight is 372 g/mol. The van der Waals surface area contributed by atoms with E-state index in [0.717, 1.165) is 11.3 Å². The highest BCUT2D eigenvalue weighted by Gasteiger charge is 2.20. The van der Waals surface area contributed by atoms with Gasteiger partial charge in [-0.05, 0) is 56.2 Å². The Morgan fingerprint density at radius 2 is 1.65 bits per heavy atom. The first-order valence-electron chi connectivity index (χ1n) is 8.06. The third-order valence-electron chi connectivity index (χ3n) is 3.80. The summed E-state index contributed by atoms with van der Waals surface area (Å²) in [6, 6.07) is 10.5. The number of nitrogens with one attached hydrogen (secondary N) is 2. The van der Waals surface area contributed by atoms with Gasteiger partial charge in [0.25, 0.3) is 10.0 Å². The zero-order chi connectivity index (χ0) is 18.7. The maximum absolute atomic E-state index is 12.7. The summed E-state index contributed by atoms with van der Waals surface area (Å²) in [5.41, 5.74) is 2.41. The lowest BCUT2D eigenvalue weighted by atomic mass is 10.1. The van der Waals surface area contributed by atoms with Crippen molar-refractivity contribution < 1.29 is 12.8 Å². The SMILES string of the molecule is Cc1cc(C)c(S(=O)(=O)Nc2ccc(NCc3ccco3)nn2)c(C)c1. The fourth-order valence-corrected chi connectivity index (χ4v) is 4.30. The third-order valence-corrected chi connectivity index (χ3v) is 5.46. The van der Waals surface area contributed by atoms with Crippen molar-refractivity contribution in [2.75, 3.05) is 10.0 Å². The molecule has 0 bridgehead atoms. The minimum Gasteiger partial charge on any atom is -0.467 e. The van der Waals surface area contributed by atoms with Crippen LogP contribution in [0.3, 0.4) is 0 Å². The second-order valence-electron chi connectivity index (χ2n) is 6.07. The molecule has 0 aliphatic heterocycles. The summed E-state index contributed by atoms with van der Waals surface area (Å²) in [5, 5.41) is 11.0. The van der Waals surface area contributed by atoms with Gasteiger partial charge in [-0.2, -0.15) is 0 Å². The van der Waals surface area contributed by atoms with Gasteiger partial charge in [0.2, 0.25) is 0 Å². The third kappa shape index (κ3) is 4.02. The lowest BCUT2D eigenvalue weighted by molar-refractivity contribution is 0.517. The highest BCUT2D eigenvalue weighted by Crippen LogP contribution is 2.23. The van der Waals surface area contributed by atoms with Crippen molar-refractivity contribution in [3.8, 4) is 0 Å². The number of aromatic nitrogens is 2. The maximum Gasteiger partial charge on any atom is 0.263 e. The predicted octanol–water partition coefficient (Wildman–Crippen LogP) is 3.41. The zero-order valence-electron chi connectivity index (χ0n) is 14.8. The Morgan fingerprint density at radius 1 is 1.00 bits per heavy atom. The van der Waals surface area contributed by atoms with Crippen LogP contribution in [0.1, 0.15) is 22.5 Å². The van der Waals surface area contributed by atoms with Gasteiger partial charge in [0, 0.05) is 0 Å². The van der Waals surface area contributed by atoms with Crippen molar-refractivity contribution in [2.45, 2.75) is 32.2 Å². The van der Waals surface area contributed by atoms with Crippen LogP contribution in [0, 0.1) is 20.8 Å². The molecule has 2 aromatic heterocycles. The van der Waals surface area contributed by atoms with Crippen molar-refractivity contribution in [2.24, 2.45) is 0 Å². The Bertz CT molecular complexity index is 974. The molecule has 0 radical (unpaired) electrons. The molecular formula is C18H20N4O3S. The van der Waals surface area contributed by atoms with Gasteiger partial charge < -0.3 is 9.73 Å². The lowest BCUT2D eigenvalue weighted by Crippen LogP contribution is -2.17. The Balaban J connectivity index is 1.74. The Hall–Kier alpha value is -2.87. The highest BCUT2D eigenvalue weighted by molar-refractivity contribution is 7.92. The van der Waals surface area contributed by atoms with Crippen molar-refractivity contribution >= 4 is 21.7 Å². The van der Waals surface area contributed by atoms with Crippen molar-refractivity contribution in [3.63, 3.8) is 0 Å². The molecule has 26 heavy (non-hydrogen) atoms. The first kappa shape index (κ1) is 17.9. The molecule has 0 aliphatic rings. The van der Waals surface area contributed by atoms with Crippen molar-refractivity contribution in [1.29, 1.82) is 0 Å². The van der Waals surface area contributed by atoms with Gasteiger partial charge in [-0.25, -0.2) is 8.42 Å². The molecule has 1 aromatic carbocycles. The number of nitrogens with zero attached hydrogens (tertiary/aromatic N) is 2. The van der Waals surface area contributed by atoms with E-state index in [0.29, 0.717) is 23.5 Å². The molecule has 7 nitrogen and oxygen atoms in total. The number of sulfonamides is 1. The summed E-state index contributed by atoms with van der Waals surface area (Å²) in [7, 11) is -3.74. The van der Waals surface area contributed by atoms with Gasteiger partial charge in [-0.15, -0.1) is 10.2 Å². The van der Waals surface area contributed by atoms with Crippen LogP contribution in [0.15, 0.2) is 52.0 Å². The molecular weight excluding hydrogens is 352 g/mol. The molecule has 0 fully saturated rings. The zero-order valence-corrected chi connectivity index (χ0v) is 15.6. The summed E-state index contributed by atoms with van der Waals surface area (Å²) >= 11 is 0. The van der Waals surface area contributed by atoms with Gasteiger partial charge in [-0.1, -0.05) is 17.7 Å². The number of rotatable bonds is 6. The first-order valence-corrected chi connectivity index (χ1v) is 9.54. The minimum absolute atomic E-state index is 0.160. The first-order chi connectivity index (χ1) is 12.3. The van der Waals surface area contributed by atoms with Crippen LogP contribution in [-0.2, 0) is 16.6 Å². The molecule has 136 valence electrons. The van der Waals surface area contributed by atoms with Crippen LogP contribution in [0.25, 0.3) is 0 Å². The van der Waals surface area contributed by atoms with E-state index < -0.39 is 10.0 Å². The second-order valence-corrected chi connectivity index (χ2v) is 7.69. The number of furan rings is 1. The van der Waals surface area contributed by atoms with Crippen molar-refractivity contribution in [1.82, 2.24) is 10.2 Å². The normalized spacial score (nSPS) is 11.3. The maximum atomic E-state index is 12.7. The van der Waals surface area contributed by atoms with Gasteiger partial charge in [0.15, 0.2) is 5.82 Å². The van der Waals surface area contributed by atoms with E-state index in [9.17, 15) is 8.42 Å². The summed E-state index contributed by atoms with van der Waals surface area (Å²) in [4.78, 5) is 0.268. The molecule has 0 spiro atoms. The van der Waals surface area contributed by atoms with E-state index in [1.807, 2.05) is 25.1 Å². The van der Waals surface area contributed by atoms with Crippen LogP contribution >= 0.6 is 0 Å².